The number of nitrogens with zero attached hydrogens (tertiary/aromatic N) is 6. The van der Waals surface area contributed by atoms with Crippen molar-refractivity contribution in [3.8, 4) is 10.7 Å². The summed E-state index contributed by atoms with van der Waals surface area (Å²) in [6, 6.07) is 9.59. The molecule has 11 heteroatoms. The highest BCUT2D eigenvalue weighted by Crippen LogP contribution is 2.19. The van der Waals surface area contributed by atoms with Crippen LogP contribution in [0, 0.1) is 5.82 Å². The Kier molecular flexibility index (Phi) is 6.10. The molecule has 1 aliphatic rings. The standard InChI is InChI=1S/C19H20FN7O2S/c20-14-3-1-4-15(11-14)21-17(28)12-25-6-8-26(9-7-25)18(29)13-27-23-19(22-24-27)16-5-2-10-30-16/h1-5,10-11H,6-9,12-13H2,(H,21,28). The number of aromatic nitrogens is 4. The van der Waals surface area contributed by atoms with E-state index in [2.05, 4.69) is 20.7 Å². The maximum atomic E-state index is 13.2. The fourth-order valence-electron chi connectivity index (χ4n) is 3.16. The molecular formula is C19H20FN7O2S. The number of anilines is 1. The van der Waals surface area contributed by atoms with Gasteiger partial charge in [-0.2, -0.15) is 4.80 Å². The molecule has 0 bridgehead atoms. The van der Waals surface area contributed by atoms with Gasteiger partial charge in [-0.1, -0.05) is 12.1 Å². The molecule has 0 saturated carbocycles. The van der Waals surface area contributed by atoms with Crippen molar-refractivity contribution < 1.29 is 14.0 Å². The van der Waals surface area contributed by atoms with E-state index >= 15 is 0 Å². The van der Waals surface area contributed by atoms with E-state index in [0.29, 0.717) is 37.7 Å². The summed E-state index contributed by atoms with van der Waals surface area (Å²) >= 11 is 1.51. The van der Waals surface area contributed by atoms with E-state index in [1.54, 1.807) is 17.0 Å². The summed E-state index contributed by atoms with van der Waals surface area (Å²) in [4.78, 5) is 30.6. The van der Waals surface area contributed by atoms with Crippen LogP contribution in [0.5, 0.6) is 0 Å². The van der Waals surface area contributed by atoms with E-state index < -0.39 is 5.82 Å². The van der Waals surface area contributed by atoms with E-state index in [1.165, 1.54) is 28.3 Å². The highest BCUT2D eigenvalue weighted by Gasteiger charge is 2.23. The summed E-state index contributed by atoms with van der Waals surface area (Å²) in [7, 11) is 0. The molecule has 3 aromatic rings. The Morgan fingerprint density at radius 1 is 1.10 bits per heavy atom. The zero-order valence-electron chi connectivity index (χ0n) is 16.1. The number of piperazine rings is 1. The number of nitrogens with one attached hydrogen (secondary N) is 1. The number of carbonyl (C=O) groups is 2. The van der Waals surface area contributed by atoms with Crippen molar-refractivity contribution in [1.82, 2.24) is 30.0 Å². The first-order chi connectivity index (χ1) is 14.6. The number of amides is 2. The molecule has 1 aromatic carbocycles. The Labute approximate surface area is 176 Å². The molecule has 2 aromatic heterocycles. The number of carbonyl (C=O) groups excluding carboxylic acids is 2. The van der Waals surface area contributed by atoms with Crippen LogP contribution >= 0.6 is 11.3 Å². The average Bonchev–Trinajstić information content (AvgIpc) is 3.40. The lowest BCUT2D eigenvalue weighted by atomic mass is 10.3. The van der Waals surface area contributed by atoms with Gasteiger partial charge in [0.05, 0.1) is 11.4 Å². The summed E-state index contributed by atoms with van der Waals surface area (Å²) in [6.07, 6.45) is 0. The van der Waals surface area contributed by atoms with Crippen molar-refractivity contribution >= 4 is 28.8 Å². The van der Waals surface area contributed by atoms with E-state index in [9.17, 15) is 14.0 Å². The second kappa shape index (κ2) is 9.09. The van der Waals surface area contributed by atoms with E-state index in [0.717, 1.165) is 4.88 Å². The topological polar surface area (TPSA) is 96.3 Å². The molecule has 156 valence electrons. The predicted molar refractivity (Wildman–Crippen MR) is 109 cm³/mol. The van der Waals surface area contributed by atoms with Crippen molar-refractivity contribution in [2.24, 2.45) is 0 Å². The number of rotatable bonds is 6. The van der Waals surface area contributed by atoms with Crippen molar-refractivity contribution in [2.75, 3.05) is 38.0 Å². The third-order valence-electron chi connectivity index (χ3n) is 4.67. The SMILES string of the molecule is O=C(CN1CCN(C(=O)Cn2nnc(-c3cccs3)n2)CC1)Nc1cccc(F)c1. The van der Waals surface area contributed by atoms with Gasteiger partial charge in [0.25, 0.3) is 0 Å². The van der Waals surface area contributed by atoms with Crippen LogP contribution in [0.2, 0.25) is 0 Å². The summed E-state index contributed by atoms with van der Waals surface area (Å²) in [5, 5.41) is 16.8. The number of hydrogen-bond acceptors (Lipinski definition) is 7. The lowest BCUT2D eigenvalue weighted by Crippen LogP contribution is -2.51. The van der Waals surface area contributed by atoms with Gasteiger partial charge in [0.15, 0.2) is 0 Å². The minimum Gasteiger partial charge on any atom is -0.338 e. The molecule has 0 aliphatic carbocycles. The Morgan fingerprint density at radius 3 is 2.67 bits per heavy atom. The minimum absolute atomic E-state index is 0.0262. The second-order valence-electron chi connectivity index (χ2n) is 6.84. The molecule has 1 aliphatic heterocycles. The summed E-state index contributed by atoms with van der Waals surface area (Å²) < 4.78 is 13.2. The van der Waals surface area contributed by atoms with Gasteiger partial charge in [0.2, 0.25) is 17.6 Å². The molecule has 2 amide bonds. The molecule has 9 nitrogen and oxygen atoms in total. The van der Waals surface area contributed by atoms with Crippen LogP contribution in [0.25, 0.3) is 10.7 Å². The second-order valence-corrected chi connectivity index (χ2v) is 7.78. The third-order valence-corrected chi connectivity index (χ3v) is 5.54. The van der Waals surface area contributed by atoms with Crippen molar-refractivity contribution in [3.05, 3.63) is 47.6 Å². The summed E-state index contributed by atoms with van der Waals surface area (Å²) in [6.45, 7) is 2.39. The third kappa shape index (κ3) is 5.05. The molecule has 1 N–H and O–H groups in total. The first-order valence-corrected chi connectivity index (χ1v) is 10.3. The molecule has 0 unspecified atom stereocenters. The Balaban J connectivity index is 1.23. The molecule has 1 fully saturated rings. The zero-order chi connectivity index (χ0) is 20.9. The summed E-state index contributed by atoms with van der Waals surface area (Å²) in [5.74, 6) is -0.196. The molecule has 4 rings (SSSR count). The highest BCUT2D eigenvalue weighted by atomic mass is 32.1. The Bertz CT molecular complexity index is 1020. The summed E-state index contributed by atoms with van der Waals surface area (Å²) in [5.41, 5.74) is 0.427. The van der Waals surface area contributed by atoms with Gasteiger partial charge >= 0.3 is 0 Å². The van der Waals surface area contributed by atoms with Crippen LogP contribution < -0.4 is 5.32 Å². The number of halogens is 1. The zero-order valence-corrected chi connectivity index (χ0v) is 16.9. The molecule has 0 atom stereocenters. The van der Waals surface area contributed by atoms with Crippen molar-refractivity contribution in [1.29, 1.82) is 0 Å². The number of benzene rings is 1. The van der Waals surface area contributed by atoms with Crippen LogP contribution in [0.1, 0.15) is 0 Å². The average molecular weight is 429 g/mol. The lowest BCUT2D eigenvalue weighted by molar-refractivity contribution is -0.134. The van der Waals surface area contributed by atoms with E-state index in [-0.39, 0.29) is 24.9 Å². The quantitative estimate of drug-likeness (QED) is 0.635. The van der Waals surface area contributed by atoms with Gasteiger partial charge in [0.1, 0.15) is 12.4 Å². The van der Waals surface area contributed by atoms with Crippen molar-refractivity contribution in [3.63, 3.8) is 0 Å². The first kappa shape index (κ1) is 20.1. The van der Waals surface area contributed by atoms with Gasteiger partial charge in [0, 0.05) is 31.9 Å². The Hall–Kier alpha value is -3.18. The largest absolute Gasteiger partial charge is 0.338 e. The highest BCUT2D eigenvalue weighted by molar-refractivity contribution is 7.13. The van der Waals surface area contributed by atoms with Gasteiger partial charge in [-0.05, 0) is 34.9 Å². The molecule has 30 heavy (non-hydrogen) atoms. The van der Waals surface area contributed by atoms with Crippen LogP contribution in [0.3, 0.4) is 0 Å². The normalized spacial score (nSPS) is 14.6. The van der Waals surface area contributed by atoms with Gasteiger partial charge in [-0.25, -0.2) is 4.39 Å². The number of hydrogen-bond donors (Lipinski definition) is 1. The van der Waals surface area contributed by atoms with Crippen LogP contribution in [-0.4, -0.2) is 74.5 Å². The molecule has 3 heterocycles. The Morgan fingerprint density at radius 2 is 1.93 bits per heavy atom. The fraction of sp³-hybridized carbons (Fsp3) is 0.316. The van der Waals surface area contributed by atoms with Gasteiger partial charge in [-0.3, -0.25) is 14.5 Å². The van der Waals surface area contributed by atoms with E-state index in [1.807, 2.05) is 22.4 Å². The monoisotopic (exact) mass is 429 g/mol. The molecule has 0 spiro atoms. The first-order valence-electron chi connectivity index (χ1n) is 9.44. The molecule has 0 radical (unpaired) electrons. The van der Waals surface area contributed by atoms with Crippen LogP contribution in [0.15, 0.2) is 41.8 Å². The van der Waals surface area contributed by atoms with Gasteiger partial charge < -0.3 is 10.2 Å². The van der Waals surface area contributed by atoms with Crippen LogP contribution in [0.4, 0.5) is 10.1 Å². The van der Waals surface area contributed by atoms with Crippen molar-refractivity contribution in [2.45, 2.75) is 6.54 Å². The number of tetrazole rings is 1. The van der Waals surface area contributed by atoms with E-state index in [4.69, 9.17) is 0 Å². The van der Waals surface area contributed by atoms with Gasteiger partial charge in [-0.15, -0.1) is 21.5 Å². The number of thiophene rings is 1. The maximum Gasteiger partial charge on any atom is 0.246 e. The smallest absolute Gasteiger partial charge is 0.246 e. The predicted octanol–water partition coefficient (Wildman–Crippen LogP) is 1.32. The molecule has 1 saturated heterocycles. The minimum atomic E-state index is -0.399. The lowest BCUT2D eigenvalue weighted by Gasteiger charge is -2.34. The van der Waals surface area contributed by atoms with Crippen LogP contribution in [-0.2, 0) is 16.1 Å². The fourth-order valence-corrected chi connectivity index (χ4v) is 3.81. The maximum absolute atomic E-state index is 13.2. The molecular weight excluding hydrogens is 409 g/mol.